The molecule has 0 spiro atoms. The van der Waals surface area contributed by atoms with Gasteiger partial charge in [-0.1, -0.05) is 24.3 Å². The van der Waals surface area contributed by atoms with Crippen LogP contribution in [-0.4, -0.2) is 33.0 Å². The van der Waals surface area contributed by atoms with Crippen LogP contribution in [0, 0.1) is 0 Å². The molecular weight excluding hydrogens is 422 g/mol. The molecule has 2 heterocycles. The Labute approximate surface area is 187 Å². The number of carbonyl (C=O) groups excluding carboxylic acids is 1. The molecule has 1 N–H and O–H groups in total. The quantitative estimate of drug-likeness (QED) is 0.249. The molecular formula is C25H17N3O5. The number of aromatic nitrogens is 3. The minimum Gasteiger partial charge on any atom is -0.506 e. The summed E-state index contributed by atoms with van der Waals surface area (Å²) >= 11 is 0. The number of methoxy groups -OCH3 is 1. The van der Waals surface area contributed by atoms with Crippen LogP contribution in [0.4, 0.5) is 0 Å². The number of hydrogen-bond donors (Lipinski definition) is 1. The average Bonchev–Trinajstić information content (AvgIpc) is 3.26. The lowest BCUT2D eigenvalue weighted by Gasteiger charge is -2.04. The summed E-state index contributed by atoms with van der Waals surface area (Å²) in [5.74, 6) is 0.0655. The third-order valence-corrected chi connectivity index (χ3v) is 5.13. The Morgan fingerprint density at radius 1 is 1.03 bits per heavy atom. The van der Waals surface area contributed by atoms with Crippen molar-refractivity contribution in [1.82, 2.24) is 15.0 Å². The maximum absolute atomic E-state index is 12.7. The zero-order chi connectivity index (χ0) is 22.9. The van der Waals surface area contributed by atoms with Crippen molar-refractivity contribution >= 4 is 33.9 Å². The van der Waals surface area contributed by atoms with Gasteiger partial charge < -0.3 is 14.3 Å². The highest BCUT2D eigenvalue weighted by molar-refractivity contribution is 6.07. The predicted octanol–water partition coefficient (Wildman–Crippen LogP) is 4.14. The minimum absolute atomic E-state index is 0.0112. The first-order valence-electron chi connectivity index (χ1n) is 10.0. The van der Waals surface area contributed by atoms with E-state index in [9.17, 15) is 14.7 Å². The summed E-state index contributed by atoms with van der Waals surface area (Å²) in [4.78, 5) is 26.4. The van der Waals surface area contributed by atoms with Gasteiger partial charge in [0.05, 0.1) is 7.11 Å². The lowest BCUT2D eigenvalue weighted by Crippen LogP contribution is -2.12. The van der Waals surface area contributed by atoms with Crippen LogP contribution >= 0.6 is 0 Å². The summed E-state index contributed by atoms with van der Waals surface area (Å²) < 4.78 is 10.5. The lowest BCUT2D eigenvalue weighted by molar-refractivity contribution is 0.104. The maximum atomic E-state index is 12.7. The lowest BCUT2D eigenvalue weighted by atomic mass is 10.1. The van der Waals surface area contributed by atoms with Crippen LogP contribution in [0.1, 0.15) is 15.9 Å². The fraction of sp³-hybridized carbons (Fsp3) is 0.0400. The van der Waals surface area contributed by atoms with E-state index in [0.29, 0.717) is 39.0 Å². The van der Waals surface area contributed by atoms with Gasteiger partial charge in [0.25, 0.3) is 0 Å². The second-order valence-corrected chi connectivity index (χ2v) is 7.28. The minimum atomic E-state index is -0.721. The van der Waals surface area contributed by atoms with E-state index in [4.69, 9.17) is 9.15 Å². The molecule has 5 aromatic rings. The molecule has 0 aliphatic heterocycles. The van der Waals surface area contributed by atoms with Gasteiger partial charge in [-0.3, -0.25) is 4.79 Å². The van der Waals surface area contributed by atoms with Crippen molar-refractivity contribution < 1.29 is 19.1 Å². The van der Waals surface area contributed by atoms with E-state index in [0.717, 1.165) is 0 Å². The third kappa shape index (κ3) is 3.85. The molecule has 8 nitrogen and oxygen atoms in total. The fourth-order valence-corrected chi connectivity index (χ4v) is 3.43. The summed E-state index contributed by atoms with van der Waals surface area (Å²) in [6.45, 7) is 0. The van der Waals surface area contributed by atoms with Crippen LogP contribution in [0.2, 0.25) is 0 Å². The van der Waals surface area contributed by atoms with E-state index in [-0.39, 0.29) is 11.3 Å². The number of ketones is 1. The van der Waals surface area contributed by atoms with Gasteiger partial charge >= 0.3 is 5.63 Å². The SMILES string of the molecule is COc1ccc2oc(=O)c(C(=O)/C=C/c3ccc(O)c(-n4nc5ccccc5n4)c3)cc2c1. The Morgan fingerprint density at radius 3 is 2.52 bits per heavy atom. The molecule has 0 bridgehead atoms. The molecule has 8 heteroatoms. The van der Waals surface area contributed by atoms with Crippen molar-refractivity contribution in [3.05, 3.63) is 94.4 Å². The van der Waals surface area contributed by atoms with Gasteiger partial charge in [-0.25, -0.2) is 4.79 Å². The number of aromatic hydroxyl groups is 1. The number of phenolic OH excluding ortho intramolecular Hbond substituents is 1. The van der Waals surface area contributed by atoms with Gasteiger partial charge in [-0.15, -0.1) is 15.0 Å². The van der Waals surface area contributed by atoms with Crippen molar-refractivity contribution in [3.8, 4) is 17.2 Å². The maximum Gasteiger partial charge on any atom is 0.347 e. The topological polar surface area (TPSA) is 107 Å². The fourth-order valence-electron chi connectivity index (χ4n) is 3.43. The molecule has 162 valence electrons. The number of ether oxygens (including phenoxy) is 1. The summed E-state index contributed by atoms with van der Waals surface area (Å²) in [6, 6.07) is 18.6. The molecule has 0 fully saturated rings. The number of rotatable bonds is 5. The normalized spacial score (nSPS) is 11.4. The summed E-state index contributed by atoms with van der Waals surface area (Å²) in [7, 11) is 1.53. The Hall–Kier alpha value is -4.72. The van der Waals surface area contributed by atoms with Crippen LogP contribution in [0.25, 0.3) is 33.8 Å². The number of phenols is 1. The Balaban J connectivity index is 1.47. The van der Waals surface area contributed by atoms with E-state index in [1.807, 2.05) is 24.3 Å². The molecule has 0 aliphatic carbocycles. The Bertz CT molecular complexity index is 1580. The summed E-state index contributed by atoms with van der Waals surface area (Å²) in [6.07, 6.45) is 2.82. The van der Waals surface area contributed by atoms with E-state index in [2.05, 4.69) is 10.2 Å². The molecule has 0 aliphatic rings. The molecule has 2 aromatic heterocycles. The smallest absolute Gasteiger partial charge is 0.347 e. The van der Waals surface area contributed by atoms with Gasteiger partial charge in [-0.2, -0.15) is 0 Å². The second kappa shape index (κ2) is 8.08. The number of carbonyl (C=O) groups is 1. The highest BCUT2D eigenvalue weighted by Crippen LogP contribution is 2.24. The number of nitrogens with zero attached hydrogens (tertiary/aromatic N) is 3. The monoisotopic (exact) mass is 439 g/mol. The van der Waals surface area contributed by atoms with Crippen molar-refractivity contribution in [2.75, 3.05) is 7.11 Å². The van der Waals surface area contributed by atoms with Gasteiger partial charge in [0.2, 0.25) is 0 Å². The number of hydrogen-bond acceptors (Lipinski definition) is 7. The molecule has 0 unspecified atom stereocenters. The molecule has 0 saturated carbocycles. The molecule has 0 saturated heterocycles. The molecule has 5 rings (SSSR count). The van der Waals surface area contributed by atoms with Crippen LogP contribution in [0.15, 0.2) is 82.0 Å². The van der Waals surface area contributed by atoms with Gasteiger partial charge in [0.1, 0.15) is 39.4 Å². The predicted molar refractivity (Wildman–Crippen MR) is 123 cm³/mol. The van der Waals surface area contributed by atoms with Crippen LogP contribution in [0.3, 0.4) is 0 Å². The molecule has 0 atom stereocenters. The Morgan fingerprint density at radius 2 is 1.79 bits per heavy atom. The van der Waals surface area contributed by atoms with Crippen molar-refractivity contribution in [2.45, 2.75) is 0 Å². The third-order valence-electron chi connectivity index (χ3n) is 5.13. The largest absolute Gasteiger partial charge is 0.506 e. The zero-order valence-corrected chi connectivity index (χ0v) is 17.4. The first kappa shape index (κ1) is 20.2. The van der Waals surface area contributed by atoms with E-state index >= 15 is 0 Å². The van der Waals surface area contributed by atoms with E-state index < -0.39 is 11.4 Å². The van der Waals surface area contributed by atoms with Crippen LogP contribution in [-0.2, 0) is 0 Å². The highest BCUT2D eigenvalue weighted by atomic mass is 16.5. The number of benzene rings is 3. The first-order valence-corrected chi connectivity index (χ1v) is 10.0. The Kier molecular flexibility index (Phi) is 4.95. The second-order valence-electron chi connectivity index (χ2n) is 7.28. The number of fused-ring (bicyclic) bond motifs is 2. The zero-order valence-electron chi connectivity index (χ0n) is 17.4. The van der Waals surface area contributed by atoms with Crippen LogP contribution < -0.4 is 10.4 Å². The number of allylic oxidation sites excluding steroid dienone is 1. The standard InChI is InChI=1S/C25H17N3O5/c1-32-17-8-11-24-16(13-17)14-18(25(31)33-24)22(29)9-6-15-7-10-23(30)21(12-15)28-26-19-4-2-3-5-20(19)27-28/h2-14,30H,1H3/b9-6+. The van der Waals surface area contributed by atoms with Gasteiger partial charge in [0, 0.05) is 5.39 Å². The van der Waals surface area contributed by atoms with Crippen molar-refractivity contribution in [1.29, 1.82) is 0 Å². The highest BCUT2D eigenvalue weighted by Gasteiger charge is 2.13. The van der Waals surface area contributed by atoms with Crippen molar-refractivity contribution in [2.24, 2.45) is 0 Å². The molecule has 0 radical (unpaired) electrons. The van der Waals surface area contributed by atoms with Gasteiger partial charge in [-0.05, 0) is 60.2 Å². The van der Waals surface area contributed by atoms with Gasteiger partial charge in [0.15, 0.2) is 5.78 Å². The molecule has 3 aromatic carbocycles. The summed E-state index contributed by atoms with van der Waals surface area (Å²) in [5.41, 5.74) is 1.90. The van der Waals surface area contributed by atoms with Crippen LogP contribution in [0.5, 0.6) is 11.5 Å². The molecule has 33 heavy (non-hydrogen) atoms. The average molecular weight is 439 g/mol. The van der Waals surface area contributed by atoms with E-state index in [1.165, 1.54) is 30.1 Å². The first-order chi connectivity index (χ1) is 16.0. The summed E-state index contributed by atoms with van der Waals surface area (Å²) in [5, 5.41) is 19.6. The van der Waals surface area contributed by atoms with E-state index in [1.54, 1.807) is 36.4 Å². The van der Waals surface area contributed by atoms with Crippen molar-refractivity contribution in [3.63, 3.8) is 0 Å². The molecule has 0 amide bonds.